The van der Waals surface area contributed by atoms with Crippen LogP contribution in [0.15, 0.2) is 194 Å². The maximum absolute atomic E-state index is 5.22. The molecule has 2 heterocycles. The summed E-state index contributed by atoms with van der Waals surface area (Å²) in [4.78, 5) is 10.4. The first-order valence-corrected chi connectivity index (χ1v) is 17.0. The van der Waals surface area contributed by atoms with E-state index in [9.17, 15) is 0 Å². The Morgan fingerprint density at radius 2 is 0.520 bits per heavy atom. The fourth-order valence-electron chi connectivity index (χ4n) is 7.45. The molecule has 0 aliphatic heterocycles. The Morgan fingerprint density at radius 1 is 0.240 bits per heavy atom. The van der Waals surface area contributed by atoms with Crippen molar-refractivity contribution >= 4 is 21.5 Å². The molecular formula is C48H32N2. The molecule has 0 amide bonds. The van der Waals surface area contributed by atoms with Crippen LogP contribution >= 0.6 is 0 Å². The normalized spacial score (nSPS) is 11.2. The number of hydrogen-bond donors (Lipinski definition) is 0. The first kappa shape index (κ1) is 29.5. The molecule has 0 saturated carbocycles. The summed E-state index contributed by atoms with van der Waals surface area (Å²) in [6.45, 7) is 0. The molecule has 2 nitrogen and oxygen atoms in total. The molecule has 9 aromatic rings. The lowest BCUT2D eigenvalue weighted by molar-refractivity contribution is 1.33. The minimum atomic E-state index is 0.964. The van der Waals surface area contributed by atoms with Crippen LogP contribution in [-0.4, -0.2) is 9.97 Å². The highest BCUT2D eigenvalue weighted by Gasteiger charge is 2.24. The molecule has 0 aliphatic rings. The molecule has 9 rings (SSSR count). The molecule has 0 bridgehead atoms. The predicted molar refractivity (Wildman–Crippen MR) is 210 cm³/mol. The Bertz CT molecular complexity index is 2370. The number of hydrogen-bond acceptors (Lipinski definition) is 2. The molecule has 7 aromatic carbocycles. The maximum atomic E-state index is 5.22. The molecule has 0 N–H and O–H groups in total. The van der Waals surface area contributed by atoms with Gasteiger partial charge in [0.1, 0.15) is 0 Å². The molecule has 0 aliphatic carbocycles. The van der Waals surface area contributed by atoms with Crippen LogP contribution in [0.1, 0.15) is 0 Å². The van der Waals surface area contributed by atoms with E-state index in [1.54, 1.807) is 0 Å². The van der Waals surface area contributed by atoms with Gasteiger partial charge >= 0.3 is 0 Å². The van der Waals surface area contributed by atoms with Gasteiger partial charge in [-0.05, 0) is 67.1 Å². The average molecular weight is 637 g/mol. The fraction of sp³-hybridized carbons (Fsp3) is 0. The Hall–Kier alpha value is -6.64. The zero-order valence-corrected chi connectivity index (χ0v) is 27.4. The lowest BCUT2D eigenvalue weighted by atomic mass is 9.83. The highest BCUT2D eigenvalue weighted by molar-refractivity contribution is 6.23. The number of aromatic nitrogens is 2. The van der Waals surface area contributed by atoms with E-state index in [2.05, 4.69) is 182 Å². The molecule has 2 heteroatoms. The number of rotatable bonds is 6. The van der Waals surface area contributed by atoms with Crippen LogP contribution in [0.2, 0.25) is 0 Å². The second kappa shape index (κ2) is 12.8. The van der Waals surface area contributed by atoms with Gasteiger partial charge in [-0.1, -0.05) is 170 Å². The quantitative estimate of drug-likeness (QED) is 0.170. The van der Waals surface area contributed by atoms with Crippen molar-refractivity contribution < 1.29 is 0 Å². The summed E-state index contributed by atoms with van der Waals surface area (Å²) < 4.78 is 0. The summed E-state index contributed by atoms with van der Waals surface area (Å²) >= 11 is 0. The van der Waals surface area contributed by atoms with Crippen molar-refractivity contribution in [2.24, 2.45) is 0 Å². The van der Waals surface area contributed by atoms with Crippen LogP contribution in [0.4, 0.5) is 0 Å². The van der Waals surface area contributed by atoms with Gasteiger partial charge in [0, 0.05) is 34.6 Å². The molecule has 0 atom stereocenters. The van der Waals surface area contributed by atoms with Crippen LogP contribution in [0.5, 0.6) is 0 Å². The van der Waals surface area contributed by atoms with Gasteiger partial charge in [0.2, 0.25) is 0 Å². The molecule has 0 fully saturated rings. The summed E-state index contributed by atoms with van der Waals surface area (Å²) in [5.41, 5.74) is 13.3. The van der Waals surface area contributed by atoms with E-state index in [1.165, 1.54) is 0 Å². The second-order valence-corrected chi connectivity index (χ2v) is 12.5. The van der Waals surface area contributed by atoms with Crippen LogP contribution in [0, 0.1) is 0 Å². The lowest BCUT2D eigenvalue weighted by Crippen LogP contribution is -1.99. The third kappa shape index (κ3) is 5.06. The molecule has 234 valence electrons. The van der Waals surface area contributed by atoms with Crippen LogP contribution < -0.4 is 0 Å². The first-order valence-electron chi connectivity index (χ1n) is 17.0. The SMILES string of the molecule is c1ccc(-c2ccnc(-c3c4ccccc4c(-c4nccc(-c5ccccc5)c4-c4ccccc4)c4ccccc34)c2-c2ccccc2)cc1. The minimum Gasteiger partial charge on any atom is -0.256 e. The van der Waals surface area contributed by atoms with E-state index < -0.39 is 0 Å². The van der Waals surface area contributed by atoms with E-state index in [1.807, 2.05) is 12.4 Å². The fourth-order valence-corrected chi connectivity index (χ4v) is 7.45. The van der Waals surface area contributed by atoms with Crippen molar-refractivity contribution in [2.45, 2.75) is 0 Å². The van der Waals surface area contributed by atoms with Crippen molar-refractivity contribution in [1.82, 2.24) is 9.97 Å². The summed E-state index contributed by atoms with van der Waals surface area (Å²) in [5.74, 6) is 0. The van der Waals surface area contributed by atoms with Gasteiger partial charge in [-0.3, -0.25) is 9.97 Å². The van der Waals surface area contributed by atoms with E-state index >= 15 is 0 Å². The first-order chi connectivity index (χ1) is 24.9. The number of pyridine rings is 2. The largest absolute Gasteiger partial charge is 0.256 e. The number of nitrogens with zero attached hydrogens (tertiary/aromatic N) is 2. The van der Waals surface area contributed by atoms with Gasteiger partial charge < -0.3 is 0 Å². The molecule has 2 aromatic heterocycles. The topological polar surface area (TPSA) is 25.8 Å². The molecule has 0 spiro atoms. The Morgan fingerprint density at radius 3 is 0.840 bits per heavy atom. The van der Waals surface area contributed by atoms with Gasteiger partial charge in [0.05, 0.1) is 11.4 Å². The molecular weight excluding hydrogens is 605 g/mol. The highest BCUT2D eigenvalue weighted by atomic mass is 14.7. The van der Waals surface area contributed by atoms with Gasteiger partial charge in [-0.2, -0.15) is 0 Å². The number of benzene rings is 7. The lowest BCUT2D eigenvalue weighted by Gasteiger charge is -2.22. The summed E-state index contributed by atoms with van der Waals surface area (Å²) in [7, 11) is 0. The summed E-state index contributed by atoms with van der Waals surface area (Å²) in [6, 6.07) is 64.4. The van der Waals surface area contributed by atoms with Crippen molar-refractivity contribution in [3.05, 3.63) is 194 Å². The van der Waals surface area contributed by atoms with Crippen molar-refractivity contribution in [1.29, 1.82) is 0 Å². The van der Waals surface area contributed by atoms with E-state index in [4.69, 9.17) is 9.97 Å². The van der Waals surface area contributed by atoms with Crippen LogP contribution in [-0.2, 0) is 0 Å². The average Bonchev–Trinajstić information content (AvgIpc) is 3.20. The van der Waals surface area contributed by atoms with Crippen LogP contribution in [0.25, 0.3) is 88.6 Å². The highest BCUT2D eigenvalue weighted by Crippen LogP contribution is 2.49. The summed E-state index contributed by atoms with van der Waals surface area (Å²) in [5, 5.41) is 4.56. The van der Waals surface area contributed by atoms with Gasteiger partial charge in [0.25, 0.3) is 0 Å². The molecule has 50 heavy (non-hydrogen) atoms. The van der Waals surface area contributed by atoms with Gasteiger partial charge in [-0.25, -0.2) is 0 Å². The monoisotopic (exact) mass is 636 g/mol. The minimum absolute atomic E-state index is 0.964. The standard InChI is InChI=1S/C48H32N2/c1-5-17-33(18-6-1)37-29-31-49-47(43(37)35-21-9-3-10-22-35)45-39-25-13-15-27-41(39)46(42-28-16-14-26-40(42)45)48-44(36-23-11-4-12-24-36)38(30-32-50-48)34-19-7-2-8-20-34/h1-32H. The van der Waals surface area contributed by atoms with E-state index in [-0.39, 0.29) is 0 Å². The zero-order chi connectivity index (χ0) is 33.3. The number of fused-ring (bicyclic) bond motifs is 2. The van der Waals surface area contributed by atoms with Crippen molar-refractivity contribution in [2.75, 3.05) is 0 Å². The Balaban J connectivity index is 1.42. The molecule has 0 radical (unpaired) electrons. The predicted octanol–water partition coefficient (Wildman–Crippen LogP) is 12.8. The smallest absolute Gasteiger partial charge is 0.0799 e. The van der Waals surface area contributed by atoms with Gasteiger partial charge in [-0.15, -0.1) is 0 Å². The van der Waals surface area contributed by atoms with E-state index in [0.29, 0.717) is 0 Å². The Kier molecular flexibility index (Phi) is 7.53. The van der Waals surface area contributed by atoms with E-state index in [0.717, 1.165) is 88.6 Å². The third-order valence-electron chi connectivity index (χ3n) is 9.60. The van der Waals surface area contributed by atoms with Crippen molar-refractivity contribution in [3.63, 3.8) is 0 Å². The Labute approximate surface area is 292 Å². The zero-order valence-electron chi connectivity index (χ0n) is 27.4. The van der Waals surface area contributed by atoms with Crippen molar-refractivity contribution in [3.8, 4) is 67.0 Å². The summed E-state index contributed by atoms with van der Waals surface area (Å²) in [6.07, 6.45) is 3.92. The third-order valence-corrected chi connectivity index (χ3v) is 9.60. The van der Waals surface area contributed by atoms with Gasteiger partial charge in [0.15, 0.2) is 0 Å². The molecule has 0 saturated heterocycles. The molecule has 0 unspecified atom stereocenters. The van der Waals surface area contributed by atoms with Crippen LogP contribution in [0.3, 0.4) is 0 Å². The second-order valence-electron chi connectivity index (χ2n) is 12.5. The maximum Gasteiger partial charge on any atom is 0.0799 e.